The normalized spacial score (nSPS) is 10.4. The molecule has 0 heterocycles. The number of hydrogen-bond donors (Lipinski definition) is 0. The summed E-state index contributed by atoms with van der Waals surface area (Å²) >= 11 is 0. The molecule has 182 valence electrons. The molecule has 7 heteroatoms. The maximum atomic E-state index is 12.7. The van der Waals surface area contributed by atoms with Crippen LogP contribution in [0.2, 0.25) is 0 Å². The van der Waals surface area contributed by atoms with Crippen LogP contribution in [0.5, 0.6) is 5.75 Å². The molecule has 0 aromatic heterocycles. The van der Waals surface area contributed by atoms with Crippen molar-refractivity contribution in [1.82, 2.24) is 0 Å². The van der Waals surface area contributed by atoms with E-state index in [4.69, 9.17) is 9.62 Å². The van der Waals surface area contributed by atoms with Crippen molar-refractivity contribution in [2.75, 3.05) is 0 Å². The summed E-state index contributed by atoms with van der Waals surface area (Å²) in [6.45, 7) is 4.07. The molecule has 0 saturated heterocycles. The van der Waals surface area contributed by atoms with Crippen LogP contribution in [-0.4, -0.2) is 23.7 Å². The van der Waals surface area contributed by atoms with Crippen molar-refractivity contribution >= 4 is 23.7 Å². The Bertz CT molecular complexity index is 966. The molecule has 0 fully saturated rings. The molecule has 0 amide bonds. The summed E-state index contributed by atoms with van der Waals surface area (Å²) in [5, 5.41) is 0. The van der Waals surface area contributed by atoms with Crippen LogP contribution in [0.4, 0.5) is 0 Å². The SMILES string of the molecule is CCCCCCCC(=O)c1ccc(OC(=O)CCCC)c(C(=O)OOC(=O)c2ccccc2)c1. The number of rotatable bonds is 13. The molecule has 0 bridgehead atoms. The Labute approximate surface area is 200 Å². The first-order valence-corrected chi connectivity index (χ1v) is 11.8. The first-order chi connectivity index (χ1) is 16.5. The Balaban J connectivity index is 2.13. The summed E-state index contributed by atoms with van der Waals surface area (Å²) in [5.41, 5.74) is 0.334. The van der Waals surface area contributed by atoms with Gasteiger partial charge in [0.1, 0.15) is 11.3 Å². The lowest BCUT2D eigenvalue weighted by atomic mass is 10.0. The largest absolute Gasteiger partial charge is 0.426 e. The zero-order chi connectivity index (χ0) is 24.8. The van der Waals surface area contributed by atoms with E-state index < -0.39 is 17.9 Å². The number of carbonyl (C=O) groups is 4. The van der Waals surface area contributed by atoms with Crippen LogP contribution in [-0.2, 0) is 14.6 Å². The number of unbranched alkanes of at least 4 members (excludes halogenated alkanes) is 5. The van der Waals surface area contributed by atoms with Gasteiger partial charge in [-0.1, -0.05) is 64.2 Å². The van der Waals surface area contributed by atoms with Crippen LogP contribution >= 0.6 is 0 Å². The first kappa shape index (κ1) is 26.8. The minimum Gasteiger partial charge on any atom is -0.426 e. The molecule has 2 rings (SSSR count). The quantitative estimate of drug-likeness (QED) is 0.0855. The molecule has 0 aliphatic heterocycles. The second-order valence-corrected chi connectivity index (χ2v) is 7.98. The highest BCUT2D eigenvalue weighted by Gasteiger charge is 2.22. The Morgan fingerprint density at radius 1 is 0.676 bits per heavy atom. The van der Waals surface area contributed by atoms with Crippen LogP contribution in [0.15, 0.2) is 48.5 Å². The highest BCUT2D eigenvalue weighted by atomic mass is 17.2. The predicted molar refractivity (Wildman–Crippen MR) is 127 cm³/mol. The zero-order valence-electron chi connectivity index (χ0n) is 19.8. The van der Waals surface area contributed by atoms with Crippen LogP contribution in [0.3, 0.4) is 0 Å². The van der Waals surface area contributed by atoms with Gasteiger partial charge in [0, 0.05) is 18.4 Å². The van der Waals surface area contributed by atoms with Gasteiger partial charge in [-0.25, -0.2) is 19.4 Å². The minimum absolute atomic E-state index is 0.0543. The smallest absolute Gasteiger partial charge is 0.390 e. The summed E-state index contributed by atoms with van der Waals surface area (Å²) in [6.07, 6.45) is 7.01. The average molecular weight is 469 g/mol. The van der Waals surface area contributed by atoms with Gasteiger partial charge >= 0.3 is 17.9 Å². The van der Waals surface area contributed by atoms with Gasteiger partial charge in [0.2, 0.25) is 0 Å². The Kier molecular flexibility index (Phi) is 11.5. The summed E-state index contributed by atoms with van der Waals surface area (Å²) in [5.74, 6) is -2.58. The van der Waals surface area contributed by atoms with Crippen molar-refractivity contribution in [1.29, 1.82) is 0 Å². The Morgan fingerprint density at radius 3 is 2.06 bits per heavy atom. The average Bonchev–Trinajstić information content (AvgIpc) is 2.86. The van der Waals surface area contributed by atoms with Gasteiger partial charge in [0.15, 0.2) is 5.78 Å². The van der Waals surface area contributed by atoms with Crippen LogP contribution in [0, 0.1) is 0 Å². The first-order valence-electron chi connectivity index (χ1n) is 11.8. The highest BCUT2D eigenvalue weighted by molar-refractivity contribution is 6.01. The molecular formula is C27H32O7. The number of Topliss-reactive ketones (excluding diaryl/α,β-unsaturated/α-hetero) is 1. The van der Waals surface area contributed by atoms with E-state index in [9.17, 15) is 19.2 Å². The molecule has 2 aromatic carbocycles. The third-order valence-electron chi connectivity index (χ3n) is 5.19. The lowest BCUT2D eigenvalue weighted by molar-refractivity contribution is -0.187. The molecule has 0 saturated carbocycles. The number of esters is 1. The molecule has 0 unspecified atom stereocenters. The molecule has 2 aromatic rings. The molecular weight excluding hydrogens is 436 g/mol. The zero-order valence-corrected chi connectivity index (χ0v) is 19.8. The Morgan fingerprint density at radius 2 is 1.35 bits per heavy atom. The van der Waals surface area contributed by atoms with E-state index in [2.05, 4.69) is 11.8 Å². The fourth-order valence-corrected chi connectivity index (χ4v) is 3.22. The number of ketones is 1. The van der Waals surface area contributed by atoms with Crippen molar-refractivity contribution in [3.63, 3.8) is 0 Å². The topological polar surface area (TPSA) is 96.0 Å². The van der Waals surface area contributed by atoms with E-state index in [-0.39, 0.29) is 29.1 Å². The molecule has 0 N–H and O–H groups in total. The van der Waals surface area contributed by atoms with E-state index in [1.165, 1.54) is 30.3 Å². The molecule has 0 aliphatic carbocycles. The maximum absolute atomic E-state index is 12.7. The number of hydrogen-bond acceptors (Lipinski definition) is 7. The highest BCUT2D eigenvalue weighted by Crippen LogP contribution is 2.24. The third kappa shape index (κ3) is 8.81. The van der Waals surface area contributed by atoms with Gasteiger partial charge in [-0.2, -0.15) is 0 Å². The van der Waals surface area contributed by atoms with Gasteiger partial charge in [-0.3, -0.25) is 9.59 Å². The number of ether oxygens (including phenoxy) is 1. The van der Waals surface area contributed by atoms with Gasteiger partial charge in [0.05, 0.1) is 5.56 Å². The van der Waals surface area contributed by atoms with Gasteiger partial charge in [-0.05, 0) is 43.2 Å². The molecule has 0 spiro atoms. The van der Waals surface area contributed by atoms with Gasteiger partial charge in [-0.15, -0.1) is 0 Å². The maximum Gasteiger partial charge on any atom is 0.390 e. The standard InChI is InChI=1S/C27H32O7/c1-3-5-7-8-12-15-23(28)21-17-18-24(32-25(29)16-6-4-2)22(19-21)27(31)34-33-26(30)20-13-10-9-11-14-20/h9-11,13-14,17-19H,3-8,12,15-16H2,1-2H3. The monoisotopic (exact) mass is 468 g/mol. The molecule has 0 radical (unpaired) electrons. The molecule has 0 atom stereocenters. The van der Waals surface area contributed by atoms with Crippen molar-refractivity contribution in [2.45, 2.75) is 71.6 Å². The minimum atomic E-state index is -1.04. The van der Waals surface area contributed by atoms with Crippen LogP contribution in [0.1, 0.15) is 103 Å². The number of benzene rings is 2. The summed E-state index contributed by atoms with van der Waals surface area (Å²) < 4.78 is 5.33. The van der Waals surface area contributed by atoms with Crippen LogP contribution < -0.4 is 4.74 Å². The predicted octanol–water partition coefficient (Wildman–Crippen LogP) is 6.25. The lowest BCUT2D eigenvalue weighted by Crippen LogP contribution is -2.16. The fourth-order valence-electron chi connectivity index (χ4n) is 3.22. The lowest BCUT2D eigenvalue weighted by Gasteiger charge is -2.11. The van der Waals surface area contributed by atoms with E-state index in [1.807, 2.05) is 6.92 Å². The second kappa shape index (κ2) is 14.6. The van der Waals surface area contributed by atoms with E-state index in [1.54, 1.807) is 18.2 Å². The van der Waals surface area contributed by atoms with Crippen LogP contribution in [0.25, 0.3) is 0 Å². The summed E-state index contributed by atoms with van der Waals surface area (Å²) in [6, 6.07) is 12.3. The fraction of sp³-hybridized carbons (Fsp3) is 0.407. The molecule has 34 heavy (non-hydrogen) atoms. The summed E-state index contributed by atoms with van der Waals surface area (Å²) in [7, 11) is 0. The van der Waals surface area contributed by atoms with Crippen molar-refractivity contribution in [2.24, 2.45) is 0 Å². The van der Waals surface area contributed by atoms with Crippen molar-refractivity contribution < 1.29 is 33.7 Å². The van der Waals surface area contributed by atoms with Crippen molar-refractivity contribution in [3.8, 4) is 5.75 Å². The van der Waals surface area contributed by atoms with E-state index in [0.717, 1.165) is 38.5 Å². The number of carbonyl (C=O) groups excluding carboxylic acids is 4. The van der Waals surface area contributed by atoms with E-state index >= 15 is 0 Å². The Hall–Kier alpha value is -3.48. The van der Waals surface area contributed by atoms with Crippen molar-refractivity contribution in [3.05, 3.63) is 65.2 Å². The summed E-state index contributed by atoms with van der Waals surface area (Å²) in [4.78, 5) is 58.9. The second-order valence-electron chi connectivity index (χ2n) is 7.98. The molecule has 0 aliphatic rings. The van der Waals surface area contributed by atoms with Gasteiger partial charge in [0.25, 0.3) is 0 Å². The molecule has 7 nitrogen and oxygen atoms in total. The van der Waals surface area contributed by atoms with E-state index in [0.29, 0.717) is 18.4 Å². The third-order valence-corrected chi connectivity index (χ3v) is 5.19. The van der Waals surface area contributed by atoms with Gasteiger partial charge < -0.3 is 4.74 Å².